The summed E-state index contributed by atoms with van der Waals surface area (Å²) in [6.45, 7) is 0.0306. The highest BCUT2D eigenvalue weighted by atomic mass is 16.5. The molecule has 2 aliphatic carbocycles. The zero-order valence-electron chi connectivity index (χ0n) is 14.3. The van der Waals surface area contributed by atoms with Gasteiger partial charge in [-0.3, -0.25) is 4.79 Å². The van der Waals surface area contributed by atoms with Crippen molar-refractivity contribution in [3.8, 4) is 17.2 Å². The summed E-state index contributed by atoms with van der Waals surface area (Å²) in [6.07, 6.45) is 5.61. The van der Waals surface area contributed by atoms with Gasteiger partial charge in [0, 0.05) is 12.0 Å². The molecule has 1 aromatic carbocycles. The van der Waals surface area contributed by atoms with E-state index in [0.717, 1.165) is 23.1 Å². The van der Waals surface area contributed by atoms with Crippen LogP contribution in [0.5, 0.6) is 5.75 Å². The van der Waals surface area contributed by atoms with Gasteiger partial charge in [-0.15, -0.1) is 10.2 Å². The van der Waals surface area contributed by atoms with Crippen LogP contribution in [0, 0.1) is 17.8 Å². The summed E-state index contributed by atoms with van der Waals surface area (Å²) < 4.78 is 16.0. The van der Waals surface area contributed by atoms with Gasteiger partial charge >= 0.3 is 5.97 Å². The molecule has 0 amide bonds. The maximum atomic E-state index is 12.1. The number of rotatable bonds is 6. The Morgan fingerprint density at radius 3 is 2.72 bits per heavy atom. The molecule has 0 N–H and O–H groups in total. The molecule has 0 aliphatic heterocycles. The summed E-state index contributed by atoms with van der Waals surface area (Å²) in [5, 5.41) is 7.96. The summed E-state index contributed by atoms with van der Waals surface area (Å²) in [5.74, 6) is 3.38. The van der Waals surface area contributed by atoms with Crippen LogP contribution in [0.1, 0.15) is 38.0 Å². The monoisotopic (exact) mass is 342 g/mol. The number of carbonyl (C=O) groups excluding carboxylic acids is 1. The minimum absolute atomic E-state index is 0.0306. The molecular formula is C19H22N2O4. The first-order chi connectivity index (χ1) is 12.2. The fourth-order valence-electron chi connectivity index (χ4n) is 4.20. The van der Waals surface area contributed by atoms with Gasteiger partial charge in [0.05, 0.1) is 7.11 Å². The Morgan fingerprint density at radius 1 is 1.20 bits per heavy atom. The maximum Gasteiger partial charge on any atom is 0.306 e. The second-order valence-electron chi connectivity index (χ2n) is 7.03. The van der Waals surface area contributed by atoms with Gasteiger partial charge in [-0.05, 0) is 61.3 Å². The maximum absolute atomic E-state index is 12.1. The highest BCUT2D eigenvalue weighted by molar-refractivity contribution is 5.69. The molecule has 0 unspecified atom stereocenters. The third-order valence-electron chi connectivity index (χ3n) is 5.47. The third kappa shape index (κ3) is 3.52. The predicted molar refractivity (Wildman–Crippen MR) is 89.6 cm³/mol. The van der Waals surface area contributed by atoms with E-state index in [4.69, 9.17) is 13.9 Å². The highest BCUT2D eigenvalue weighted by Crippen LogP contribution is 2.49. The number of nitrogens with zero attached hydrogens (tertiary/aromatic N) is 2. The highest BCUT2D eigenvalue weighted by Gasteiger charge is 2.40. The smallest absolute Gasteiger partial charge is 0.306 e. The van der Waals surface area contributed by atoms with Crippen molar-refractivity contribution in [1.82, 2.24) is 10.2 Å². The average molecular weight is 342 g/mol. The van der Waals surface area contributed by atoms with Crippen LogP contribution in [0.2, 0.25) is 0 Å². The Labute approximate surface area is 146 Å². The second-order valence-corrected chi connectivity index (χ2v) is 7.03. The molecule has 2 saturated carbocycles. The molecule has 0 spiro atoms. The predicted octanol–water partition coefficient (Wildman–Crippen LogP) is 3.61. The third-order valence-corrected chi connectivity index (χ3v) is 5.47. The lowest BCUT2D eigenvalue weighted by Gasteiger charge is -2.20. The molecule has 2 aromatic rings. The number of ether oxygens (including phenoxy) is 2. The van der Waals surface area contributed by atoms with Gasteiger partial charge in [-0.1, -0.05) is 6.42 Å². The van der Waals surface area contributed by atoms with Gasteiger partial charge in [0.15, 0.2) is 6.61 Å². The number of methoxy groups -OCH3 is 1. The van der Waals surface area contributed by atoms with Crippen LogP contribution in [0.4, 0.5) is 0 Å². The molecule has 2 fully saturated rings. The van der Waals surface area contributed by atoms with E-state index in [1.807, 2.05) is 24.3 Å². The first kappa shape index (κ1) is 16.1. The van der Waals surface area contributed by atoms with E-state index in [2.05, 4.69) is 10.2 Å². The number of hydrogen-bond acceptors (Lipinski definition) is 6. The Balaban J connectivity index is 1.29. The van der Waals surface area contributed by atoms with Gasteiger partial charge in [-0.25, -0.2) is 0 Å². The van der Waals surface area contributed by atoms with Crippen LogP contribution >= 0.6 is 0 Å². The van der Waals surface area contributed by atoms with Crippen molar-refractivity contribution in [2.75, 3.05) is 7.11 Å². The molecule has 6 heteroatoms. The van der Waals surface area contributed by atoms with E-state index in [1.165, 1.54) is 25.7 Å². The lowest BCUT2D eigenvalue weighted by atomic mass is 9.86. The molecule has 25 heavy (non-hydrogen) atoms. The fourth-order valence-corrected chi connectivity index (χ4v) is 4.20. The number of fused-ring (bicyclic) bond motifs is 2. The van der Waals surface area contributed by atoms with Crippen LogP contribution in [0.15, 0.2) is 28.7 Å². The largest absolute Gasteiger partial charge is 0.497 e. The quantitative estimate of drug-likeness (QED) is 0.747. The van der Waals surface area contributed by atoms with E-state index < -0.39 is 0 Å². The molecule has 1 heterocycles. The minimum atomic E-state index is -0.165. The van der Waals surface area contributed by atoms with Crippen LogP contribution in [-0.4, -0.2) is 23.3 Å². The van der Waals surface area contributed by atoms with E-state index in [0.29, 0.717) is 24.1 Å². The molecular weight excluding hydrogens is 320 g/mol. The molecule has 0 saturated heterocycles. The fraction of sp³-hybridized carbons (Fsp3) is 0.526. The Hall–Kier alpha value is -2.37. The number of benzene rings is 1. The van der Waals surface area contributed by atoms with E-state index in [9.17, 15) is 4.79 Å². The lowest BCUT2D eigenvalue weighted by Crippen LogP contribution is -2.17. The van der Waals surface area contributed by atoms with Crippen molar-refractivity contribution < 1.29 is 18.7 Å². The van der Waals surface area contributed by atoms with Gasteiger partial charge in [0.1, 0.15) is 5.75 Å². The average Bonchev–Trinajstić information content (AvgIpc) is 3.37. The Bertz CT molecular complexity index is 740. The second kappa shape index (κ2) is 6.86. The van der Waals surface area contributed by atoms with Crippen molar-refractivity contribution in [1.29, 1.82) is 0 Å². The summed E-state index contributed by atoms with van der Waals surface area (Å²) in [4.78, 5) is 12.1. The number of hydrogen-bond donors (Lipinski definition) is 0. The normalized spacial score (nSPS) is 24.4. The Morgan fingerprint density at radius 2 is 2.04 bits per heavy atom. The molecule has 2 bridgehead atoms. The lowest BCUT2D eigenvalue weighted by molar-refractivity contribution is -0.147. The van der Waals surface area contributed by atoms with Gasteiger partial charge in [-0.2, -0.15) is 0 Å². The molecule has 4 rings (SSSR count). The summed E-state index contributed by atoms with van der Waals surface area (Å²) >= 11 is 0. The van der Waals surface area contributed by atoms with Crippen molar-refractivity contribution in [2.45, 2.75) is 38.7 Å². The van der Waals surface area contributed by atoms with Crippen LogP contribution in [0.25, 0.3) is 11.5 Å². The topological polar surface area (TPSA) is 74.5 Å². The molecule has 0 radical (unpaired) electrons. The van der Waals surface area contributed by atoms with Gasteiger partial charge in [0.2, 0.25) is 5.89 Å². The van der Waals surface area contributed by atoms with Crippen LogP contribution in [0.3, 0.4) is 0 Å². The Kier molecular flexibility index (Phi) is 4.42. The van der Waals surface area contributed by atoms with Crippen molar-refractivity contribution in [3.63, 3.8) is 0 Å². The summed E-state index contributed by atoms with van der Waals surface area (Å²) in [5.41, 5.74) is 0.799. The summed E-state index contributed by atoms with van der Waals surface area (Å²) in [7, 11) is 1.62. The first-order valence-corrected chi connectivity index (χ1v) is 8.83. The number of carbonyl (C=O) groups is 1. The SMILES string of the molecule is COc1ccc(-c2nnc(COC(=O)C[C@@H]3C[C@H]4CC[C@H]3C4)o2)cc1. The van der Waals surface area contributed by atoms with Gasteiger partial charge < -0.3 is 13.9 Å². The van der Waals surface area contributed by atoms with Crippen molar-refractivity contribution in [3.05, 3.63) is 30.2 Å². The summed E-state index contributed by atoms with van der Waals surface area (Å²) in [6, 6.07) is 7.34. The number of esters is 1. The molecule has 3 atom stereocenters. The molecule has 1 aromatic heterocycles. The first-order valence-electron chi connectivity index (χ1n) is 8.83. The standard InChI is InChI=1S/C19H22N2O4/c1-23-16-6-4-13(5-7-16)19-21-20-17(25-19)11-24-18(22)10-15-9-12-2-3-14(15)8-12/h4-7,12,14-15H,2-3,8-11H2,1H3/t12-,14-,15-/m0/s1. The molecule has 2 aliphatic rings. The minimum Gasteiger partial charge on any atom is -0.497 e. The van der Waals surface area contributed by atoms with Crippen LogP contribution in [-0.2, 0) is 16.1 Å². The van der Waals surface area contributed by atoms with E-state index in [-0.39, 0.29) is 12.6 Å². The van der Waals surface area contributed by atoms with Crippen molar-refractivity contribution >= 4 is 5.97 Å². The van der Waals surface area contributed by atoms with E-state index in [1.54, 1.807) is 7.11 Å². The van der Waals surface area contributed by atoms with Crippen LogP contribution < -0.4 is 4.74 Å². The van der Waals surface area contributed by atoms with E-state index >= 15 is 0 Å². The zero-order chi connectivity index (χ0) is 17.2. The van der Waals surface area contributed by atoms with Gasteiger partial charge in [0.25, 0.3) is 5.89 Å². The molecule has 132 valence electrons. The molecule has 6 nitrogen and oxygen atoms in total. The zero-order valence-corrected chi connectivity index (χ0v) is 14.3. The number of aromatic nitrogens is 2. The van der Waals surface area contributed by atoms with Crippen molar-refractivity contribution in [2.24, 2.45) is 17.8 Å².